The maximum atomic E-state index is 12.0. The van der Waals surface area contributed by atoms with Crippen molar-refractivity contribution >= 4 is 5.91 Å². The number of carbonyl (C=O) groups is 1. The first-order chi connectivity index (χ1) is 13.5. The van der Waals surface area contributed by atoms with Crippen LogP contribution in [0.25, 0.3) is 11.3 Å². The maximum absolute atomic E-state index is 12.0. The first-order valence-corrected chi connectivity index (χ1v) is 9.85. The van der Waals surface area contributed by atoms with Gasteiger partial charge in [-0.15, -0.1) is 0 Å². The number of amides is 1. The fourth-order valence-electron chi connectivity index (χ4n) is 3.27. The minimum Gasteiger partial charge on any atom is -0.496 e. The molecule has 1 amide bonds. The molecule has 0 radical (unpaired) electrons. The molecule has 0 aliphatic carbocycles. The standard InChI is InChI=1S/C21H30N4O3/c1-16(2)13-22-21(26)15-25-10-8-24(9-11-25)14-17-12-19(23-28-17)18-6-4-5-7-20(18)27-3/h4-7,12,16H,8-11,13-15H2,1-3H3,(H,22,26). The predicted molar refractivity (Wildman–Crippen MR) is 108 cm³/mol. The molecule has 1 aliphatic heterocycles. The summed E-state index contributed by atoms with van der Waals surface area (Å²) in [7, 11) is 1.66. The van der Waals surface area contributed by atoms with Crippen molar-refractivity contribution in [3.8, 4) is 17.0 Å². The van der Waals surface area contributed by atoms with Crippen molar-refractivity contribution in [3.05, 3.63) is 36.1 Å². The van der Waals surface area contributed by atoms with Crippen LogP contribution in [0.5, 0.6) is 5.75 Å². The van der Waals surface area contributed by atoms with Crippen LogP contribution < -0.4 is 10.1 Å². The van der Waals surface area contributed by atoms with Crippen molar-refractivity contribution in [3.63, 3.8) is 0 Å². The zero-order chi connectivity index (χ0) is 19.9. The van der Waals surface area contributed by atoms with E-state index in [9.17, 15) is 4.79 Å². The molecule has 1 aliphatic rings. The van der Waals surface area contributed by atoms with Crippen LogP contribution in [-0.2, 0) is 11.3 Å². The van der Waals surface area contributed by atoms with Crippen molar-refractivity contribution in [1.82, 2.24) is 20.3 Å². The van der Waals surface area contributed by atoms with Crippen LogP contribution in [0.4, 0.5) is 0 Å². The summed E-state index contributed by atoms with van der Waals surface area (Å²) in [6.07, 6.45) is 0. The van der Waals surface area contributed by atoms with E-state index >= 15 is 0 Å². The quantitative estimate of drug-likeness (QED) is 0.750. The number of aromatic nitrogens is 1. The second-order valence-electron chi connectivity index (χ2n) is 7.63. The highest BCUT2D eigenvalue weighted by Gasteiger charge is 2.20. The van der Waals surface area contributed by atoms with Crippen LogP contribution in [0.15, 0.2) is 34.9 Å². The molecule has 28 heavy (non-hydrogen) atoms. The fraction of sp³-hybridized carbons (Fsp3) is 0.524. The number of carbonyl (C=O) groups excluding carboxylic acids is 1. The Morgan fingerprint density at radius 3 is 2.64 bits per heavy atom. The first-order valence-electron chi connectivity index (χ1n) is 9.85. The van der Waals surface area contributed by atoms with Gasteiger partial charge in [0, 0.05) is 44.4 Å². The van der Waals surface area contributed by atoms with Gasteiger partial charge in [0.05, 0.1) is 20.2 Å². The van der Waals surface area contributed by atoms with Crippen LogP contribution in [0.3, 0.4) is 0 Å². The number of rotatable bonds is 8. The SMILES string of the molecule is COc1ccccc1-c1cc(CN2CCN(CC(=O)NCC(C)C)CC2)on1. The van der Waals surface area contributed by atoms with Gasteiger partial charge in [-0.2, -0.15) is 0 Å². The van der Waals surface area contributed by atoms with Gasteiger partial charge in [0.25, 0.3) is 0 Å². The molecule has 152 valence electrons. The summed E-state index contributed by atoms with van der Waals surface area (Å²) >= 11 is 0. The van der Waals surface area contributed by atoms with E-state index in [-0.39, 0.29) is 5.91 Å². The van der Waals surface area contributed by atoms with E-state index < -0.39 is 0 Å². The molecule has 0 spiro atoms. The lowest BCUT2D eigenvalue weighted by Crippen LogP contribution is -2.49. The zero-order valence-corrected chi connectivity index (χ0v) is 17.0. The second kappa shape index (κ2) is 9.71. The normalized spacial score (nSPS) is 15.7. The number of nitrogens with zero attached hydrogens (tertiary/aromatic N) is 3. The Hall–Kier alpha value is -2.38. The van der Waals surface area contributed by atoms with Crippen molar-refractivity contribution in [2.45, 2.75) is 20.4 Å². The Bertz CT molecular complexity index is 767. The number of benzene rings is 1. The molecule has 7 nitrogen and oxygen atoms in total. The summed E-state index contributed by atoms with van der Waals surface area (Å²) in [5.41, 5.74) is 1.71. The average molecular weight is 386 g/mol. The number of piperazine rings is 1. The molecule has 0 atom stereocenters. The minimum absolute atomic E-state index is 0.110. The average Bonchev–Trinajstić information content (AvgIpc) is 3.16. The monoisotopic (exact) mass is 386 g/mol. The zero-order valence-electron chi connectivity index (χ0n) is 17.0. The van der Waals surface area contributed by atoms with Gasteiger partial charge in [0.1, 0.15) is 11.4 Å². The van der Waals surface area contributed by atoms with E-state index in [2.05, 4.69) is 34.1 Å². The minimum atomic E-state index is 0.110. The predicted octanol–water partition coefficient (Wildman–Crippen LogP) is 2.24. The van der Waals surface area contributed by atoms with E-state index in [1.165, 1.54) is 0 Å². The molecule has 0 bridgehead atoms. The van der Waals surface area contributed by atoms with E-state index in [4.69, 9.17) is 9.26 Å². The summed E-state index contributed by atoms with van der Waals surface area (Å²) in [5.74, 6) is 2.21. The van der Waals surface area contributed by atoms with Gasteiger partial charge in [-0.25, -0.2) is 0 Å². The molecule has 0 saturated carbocycles. The molecule has 1 saturated heterocycles. The molecule has 3 rings (SSSR count). The Kier molecular flexibility index (Phi) is 7.06. The summed E-state index contributed by atoms with van der Waals surface area (Å²) in [6, 6.07) is 9.77. The smallest absolute Gasteiger partial charge is 0.234 e. The second-order valence-corrected chi connectivity index (χ2v) is 7.63. The van der Waals surface area contributed by atoms with E-state index in [0.29, 0.717) is 12.5 Å². The van der Waals surface area contributed by atoms with Crippen LogP contribution in [-0.4, -0.2) is 67.2 Å². The summed E-state index contributed by atoms with van der Waals surface area (Å²) in [6.45, 7) is 9.69. The van der Waals surface area contributed by atoms with Crippen molar-refractivity contribution < 1.29 is 14.1 Å². The van der Waals surface area contributed by atoms with E-state index in [0.717, 1.165) is 62.0 Å². The number of nitrogens with one attached hydrogen (secondary N) is 1. The van der Waals surface area contributed by atoms with Gasteiger partial charge in [-0.1, -0.05) is 31.1 Å². The van der Waals surface area contributed by atoms with Gasteiger partial charge >= 0.3 is 0 Å². The lowest BCUT2D eigenvalue weighted by atomic mass is 10.1. The molecular weight excluding hydrogens is 356 g/mol. The van der Waals surface area contributed by atoms with Gasteiger partial charge in [-0.05, 0) is 18.1 Å². The number of methoxy groups -OCH3 is 1. The summed E-state index contributed by atoms with van der Waals surface area (Å²) < 4.78 is 10.9. The molecule has 7 heteroatoms. The van der Waals surface area contributed by atoms with Crippen LogP contribution in [0.1, 0.15) is 19.6 Å². The Morgan fingerprint density at radius 1 is 1.21 bits per heavy atom. The Labute approximate surface area is 166 Å². The molecule has 2 aromatic rings. The van der Waals surface area contributed by atoms with Crippen molar-refractivity contribution in [2.75, 3.05) is 46.4 Å². The van der Waals surface area contributed by atoms with Crippen LogP contribution in [0, 0.1) is 5.92 Å². The van der Waals surface area contributed by atoms with Gasteiger partial charge < -0.3 is 14.6 Å². The summed E-state index contributed by atoms with van der Waals surface area (Å²) in [4.78, 5) is 16.5. The third-order valence-corrected chi connectivity index (χ3v) is 4.86. The highest BCUT2D eigenvalue weighted by atomic mass is 16.5. The van der Waals surface area contributed by atoms with Crippen LogP contribution >= 0.6 is 0 Å². The molecule has 1 N–H and O–H groups in total. The number of hydrogen-bond donors (Lipinski definition) is 1. The third-order valence-electron chi connectivity index (χ3n) is 4.86. The highest BCUT2D eigenvalue weighted by molar-refractivity contribution is 5.78. The molecule has 0 unspecified atom stereocenters. The van der Waals surface area contributed by atoms with Gasteiger partial charge in [0.15, 0.2) is 5.76 Å². The third kappa shape index (κ3) is 5.56. The van der Waals surface area contributed by atoms with E-state index in [1.807, 2.05) is 30.3 Å². The lowest BCUT2D eigenvalue weighted by Gasteiger charge is -2.33. The maximum Gasteiger partial charge on any atom is 0.234 e. The van der Waals surface area contributed by atoms with Crippen molar-refractivity contribution in [2.24, 2.45) is 5.92 Å². The molecular formula is C21H30N4O3. The van der Waals surface area contributed by atoms with E-state index in [1.54, 1.807) is 7.11 Å². The summed E-state index contributed by atoms with van der Waals surface area (Å²) in [5, 5.41) is 7.18. The fourth-order valence-corrected chi connectivity index (χ4v) is 3.27. The topological polar surface area (TPSA) is 70.8 Å². The first kappa shape index (κ1) is 20.4. The molecule has 1 aromatic heterocycles. The van der Waals surface area contributed by atoms with Gasteiger partial charge in [-0.3, -0.25) is 14.6 Å². The number of ether oxygens (including phenoxy) is 1. The van der Waals surface area contributed by atoms with Crippen LogP contribution in [0.2, 0.25) is 0 Å². The lowest BCUT2D eigenvalue weighted by molar-refractivity contribution is -0.122. The molecule has 1 fully saturated rings. The Morgan fingerprint density at radius 2 is 1.93 bits per heavy atom. The Balaban J connectivity index is 1.48. The number of para-hydroxylation sites is 1. The molecule has 1 aromatic carbocycles. The highest BCUT2D eigenvalue weighted by Crippen LogP contribution is 2.29. The van der Waals surface area contributed by atoms with Gasteiger partial charge in [0.2, 0.25) is 5.91 Å². The number of hydrogen-bond acceptors (Lipinski definition) is 6. The van der Waals surface area contributed by atoms with Crippen molar-refractivity contribution in [1.29, 1.82) is 0 Å². The largest absolute Gasteiger partial charge is 0.496 e. The molecule has 2 heterocycles.